The Labute approximate surface area is 140 Å². The number of nitro benzene ring substituents is 1. The monoisotopic (exact) mass is 341 g/mol. The van der Waals surface area contributed by atoms with E-state index in [1.807, 2.05) is 24.3 Å². The average Bonchev–Trinajstić information content (AvgIpc) is 2.47. The van der Waals surface area contributed by atoms with Crippen LogP contribution in [0.1, 0.15) is 5.56 Å². The van der Waals surface area contributed by atoms with Gasteiger partial charge < -0.3 is 4.48 Å². The first kappa shape index (κ1) is 17.0. The van der Waals surface area contributed by atoms with Crippen LogP contribution < -0.4 is 0 Å². The molecule has 0 saturated carbocycles. The molecule has 0 unspecified atom stereocenters. The van der Waals surface area contributed by atoms with Crippen LogP contribution in [-0.2, 0) is 6.54 Å². The van der Waals surface area contributed by atoms with Crippen LogP contribution in [0, 0.1) is 10.1 Å². The lowest BCUT2D eigenvalue weighted by Crippen LogP contribution is -2.46. The van der Waals surface area contributed by atoms with Gasteiger partial charge in [-0.1, -0.05) is 30.3 Å². The first-order valence-corrected chi connectivity index (χ1v) is 8.18. The van der Waals surface area contributed by atoms with E-state index in [0.717, 1.165) is 24.0 Å². The number of halogens is 2. The molecule has 6 heteroatoms. The van der Waals surface area contributed by atoms with E-state index >= 15 is 0 Å². The van der Waals surface area contributed by atoms with E-state index in [4.69, 9.17) is 23.2 Å². The molecule has 2 rings (SSSR count). The predicted molar refractivity (Wildman–Crippen MR) is 91.7 cm³/mol. The van der Waals surface area contributed by atoms with Gasteiger partial charge >= 0.3 is 0 Å². The molecule has 2 aromatic rings. The van der Waals surface area contributed by atoms with Crippen molar-refractivity contribution < 1.29 is 9.41 Å². The fraction of sp³-hybridized carbons (Fsp3) is 0.375. The van der Waals surface area contributed by atoms with E-state index < -0.39 is 0 Å². The summed E-state index contributed by atoms with van der Waals surface area (Å²) in [5, 5.41) is 12.9. The molecule has 0 heterocycles. The van der Waals surface area contributed by atoms with Gasteiger partial charge in [-0.05, 0) is 5.39 Å². The van der Waals surface area contributed by atoms with Gasteiger partial charge in [-0.15, -0.1) is 23.2 Å². The van der Waals surface area contributed by atoms with Gasteiger partial charge in [0.2, 0.25) is 0 Å². The van der Waals surface area contributed by atoms with Crippen LogP contribution in [0.3, 0.4) is 0 Å². The van der Waals surface area contributed by atoms with Gasteiger partial charge in [0.15, 0.2) is 0 Å². The van der Waals surface area contributed by atoms with Crippen LogP contribution in [-0.4, -0.2) is 41.3 Å². The van der Waals surface area contributed by atoms with E-state index in [9.17, 15) is 10.1 Å². The van der Waals surface area contributed by atoms with Gasteiger partial charge in [0.25, 0.3) is 5.69 Å². The Morgan fingerprint density at radius 3 is 2.23 bits per heavy atom. The second kappa shape index (κ2) is 7.27. The molecule has 0 aromatic heterocycles. The minimum atomic E-state index is -0.320. The quantitative estimate of drug-likeness (QED) is 0.328. The summed E-state index contributed by atoms with van der Waals surface area (Å²) in [4.78, 5) is 11.0. The molecule has 22 heavy (non-hydrogen) atoms. The van der Waals surface area contributed by atoms with Crippen LogP contribution in [0.4, 0.5) is 5.69 Å². The number of hydrogen-bond acceptors (Lipinski definition) is 2. The molecule has 0 spiro atoms. The first-order valence-electron chi connectivity index (χ1n) is 7.11. The molecule has 0 bridgehead atoms. The van der Waals surface area contributed by atoms with Crippen molar-refractivity contribution in [3.8, 4) is 0 Å². The number of quaternary nitrogens is 1. The molecule has 4 nitrogen and oxygen atoms in total. The van der Waals surface area contributed by atoms with E-state index in [1.54, 1.807) is 12.1 Å². The van der Waals surface area contributed by atoms with E-state index in [-0.39, 0.29) is 10.6 Å². The highest BCUT2D eigenvalue weighted by Crippen LogP contribution is 2.30. The number of benzene rings is 2. The third kappa shape index (κ3) is 3.69. The van der Waals surface area contributed by atoms with Crippen molar-refractivity contribution in [2.45, 2.75) is 6.54 Å². The van der Waals surface area contributed by atoms with Gasteiger partial charge in [-0.2, -0.15) is 0 Å². The number of fused-ring (bicyclic) bond motifs is 1. The maximum Gasteiger partial charge on any atom is 0.277 e. The van der Waals surface area contributed by atoms with Crippen molar-refractivity contribution in [2.24, 2.45) is 0 Å². The standard InChI is InChI=1S/C16H19Cl2N2O2/c1-20(10-8-17,11-9-18)12-14-6-2-4-13-5-3-7-15(16(13)14)19(21)22/h2-7H,8-12H2,1H3/q+1. The van der Waals surface area contributed by atoms with Crippen molar-refractivity contribution in [1.82, 2.24) is 0 Å². The zero-order valence-corrected chi connectivity index (χ0v) is 14.0. The zero-order chi connectivity index (χ0) is 16.2. The number of nitrogens with zero attached hydrogens (tertiary/aromatic N) is 2. The number of hydrogen-bond donors (Lipinski definition) is 0. The van der Waals surface area contributed by atoms with Crippen LogP contribution in [0.5, 0.6) is 0 Å². The lowest BCUT2D eigenvalue weighted by atomic mass is 10.0. The molecule has 0 saturated heterocycles. The highest BCUT2D eigenvalue weighted by Gasteiger charge is 2.24. The number of rotatable bonds is 7. The molecule has 0 amide bonds. The Morgan fingerprint density at radius 1 is 1.09 bits per heavy atom. The second-order valence-corrected chi connectivity index (χ2v) is 6.41. The first-order chi connectivity index (χ1) is 10.5. The summed E-state index contributed by atoms with van der Waals surface area (Å²) in [6.45, 7) is 2.21. The van der Waals surface area contributed by atoms with Crippen molar-refractivity contribution in [1.29, 1.82) is 0 Å². The predicted octanol–water partition coefficient (Wildman–Crippen LogP) is 4.17. The lowest BCUT2D eigenvalue weighted by molar-refractivity contribution is -0.918. The molecule has 0 aliphatic rings. The molecule has 2 aromatic carbocycles. The zero-order valence-electron chi connectivity index (χ0n) is 12.5. The number of nitro groups is 1. The summed E-state index contributed by atoms with van der Waals surface area (Å²) in [6.07, 6.45) is 0. The molecule has 0 N–H and O–H groups in total. The van der Waals surface area contributed by atoms with Crippen molar-refractivity contribution in [2.75, 3.05) is 31.9 Å². The Balaban J connectivity index is 2.53. The minimum Gasteiger partial charge on any atom is -0.320 e. The van der Waals surface area contributed by atoms with Gasteiger partial charge in [-0.3, -0.25) is 10.1 Å². The second-order valence-electron chi connectivity index (χ2n) is 5.65. The highest BCUT2D eigenvalue weighted by atomic mass is 35.5. The summed E-state index contributed by atoms with van der Waals surface area (Å²) in [5.74, 6) is 1.06. The summed E-state index contributed by atoms with van der Waals surface area (Å²) in [7, 11) is 2.08. The Morgan fingerprint density at radius 2 is 1.68 bits per heavy atom. The molecule has 0 aliphatic carbocycles. The minimum absolute atomic E-state index is 0.149. The molecular weight excluding hydrogens is 323 g/mol. The van der Waals surface area contributed by atoms with Crippen LogP contribution in [0.15, 0.2) is 36.4 Å². The Bertz CT molecular complexity index is 665. The van der Waals surface area contributed by atoms with Crippen molar-refractivity contribution in [3.63, 3.8) is 0 Å². The number of non-ortho nitro benzene ring substituents is 1. The fourth-order valence-corrected chi connectivity index (χ4v) is 3.59. The SMILES string of the molecule is C[N+](CCCl)(CCCl)Cc1cccc2cccc([N+](=O)[O-])c12. The molecule has 0 radical (unpaired) electrons. The molecule has 0 aliphatic heterocycles. The summed E-state index contributed by atoms with van der Waals surface area (Å²) < 4.78 is 0.665. The Kier molecular flexibility index (Phi) is 5.62. The maximum absolute atomic E-state index is 11.3. The average molecular weight is 342 g/mol. The Hall–Kier alpha value is -1.36. The van der Waals surface area contributed by atoms with Crippen LogP contribution >= 0.6 is 23.2 Å². The van der Waals surface area contributed by atoms with Gasteiger partial charge in [0, 0.05) is 11.6 Å². The molecule has 0 fully saturated rings. The molecule has 0 atom stereocenters. The molecular formula is C16H19Cl2N2O2+. The number of alkyl halides is 2. The highest BCUT2D eigenvalue weighted by molar-refractivity contribution is 6.18. The van der Waals surface area contributed by atoms with Crippen LogP contribution in [0.2, 0.25) is 0 Å². The van der Waals surface area contributed by atoms with Gasteiger partial charge in [0.05, 0.1) is 42.2 Å². The summed E-state index contributed by atoms with van der Waals surface area (Å²) in [6, 6.07) is 11.0. The van der Waals surface area contributed by atoms with Gasteiger partial charge in [0.1, 0.15) is 6.54 Å². The van der Waals surface area contributed by atoms with E-state index in [2.05, 4.69) is 7.05 Å². The lowest BCUT2D eigenvalue weighted by Gasteiger charge is -2.33. The van der Waals surface area contributed by atoms with Gasteiger partial charge in [-0.25, -0.2) is 0 Å². The smallest absolute Gasteiger partial charge is 0.277 e. The maximum atomic E-state index is 11.3. The third-order valence-corrected chi connectivity index (χ3v) is 4.30. The largest absolute Gasteiger partial charge is 0.320 e. The summed E-state index contributed by atoms with van der Waals surface area (Å²) in [5.41, 5.74) is 1.11. The van der Waals surface area contributed by atoms with Crippen molar-refractivity contribution in [3.05, 3.63) is 52.1 Å². The van der Waals surface area contributed by atoms with E-state index in [0.29, 0.717) is 28.2 Å². The topological polar surface area (TPSA) is 43.1 Å². The van der Waals surface area contributed by atoms with Crippen LogP contribution in [0.25, 0.3) is 10.8 Å². The molecule has 118 valence electrons. The fourth-order valence-electron chi connectivity index (χ4n) is 2.77. The van der Waals surface area contributed by atoms with E-state index in [1.165, 1.54) is 0 Å². The van der Waals surface area contributed by atoms with Crippen molar-refractivity contribution >= 4 is 39.7 Å². The third-order valence-electron chi connectivity index (χ3n) is 3.97. The summed E-state index contributed by atoms with van der Waals surface area (Å²) >= 11 is 11.8. The normalized spacial score (nSPS) is 11.8.